The minimum Gasteiger partial charge on any atom is -0.338 e. The van der Waals surface area contributed by atoms with Crippen LogP contribution in [-0.4, -0.2) is 58.8 Å². The number of para-hydroxylation sites is 2. The number of benzene rings is 2. The van der Waals surface area contributed by atoms with Gasteiger partial charge in [0.25, 0.3) is 0 Å². The third kappa shape index (κ3) is 3.88. The monoisotopic (exact) mass is 446 g/mol. The van der Waals surface area contributed by atoms with Crippen molar-refractivity contribution < 1.29 is 17.6 Å². The molecule has 0 N–H and O–H groups in total. The Morgan fingerprint density at radius 1 is 0.968 bits per heavy atom. The third-order valence-corrected chi connectivity index (χ3v) is 7.45. The van der Waals surface area contributed by atoms with Crippen LogP contribution in [0.4, 0.5) is 4.39 Å². The first-order chi connectivity index (χ1) is 14.8. The molecule has 164 valence electrons. The summed E-state index contributed by atoms with van der Waals surface area (Å²) in [6.07, 6.45) is 0. The molecule has 1 aliphatic rings. The van der Waals surface area contributed by atoms with Crippen molar-refractivity contribution in [3.05, 3.63) is 64.8 Å². The molecule has 1 fully saturated rings. The Bertz CT molecular complexity index is 1290. The molecule has 1 amide bonds. The number of nitrogens with zero attached hydrogens (tertiary/aromatic N) is 4. The quantitative estimate of drug-likeness (QED) is 0.595. The van der Waals surface area contributed by atoms with Gasteiger partial charge >= 0.3 is 5.69 Å². The predicted molar refractivity (Wildman–Crippen MR) is 114 cm³/mol. The van der Waals surface area contributed by atoms with Crippen LogP contribution in [0, 0.1) is 5.82 Å². The molecule has 0 atom stereocenters. The van der Waals surface area contributed by atoms with Crippen molar-refractivity contribution in [1.29, 1.82) is 0 Å². The maximum absolute atomic E-state index is 13.4. The molecule has 3 aromatic rings. The van der Waals surface area contributed by atoms with Crippen LogP contribution in [0.5, 0.6) is 0 Å². The topological polar surface area (TPSA) is 84.6 Å². The van der Waals surface area contributed by atoms with E-state index in [1.54, 1.807) is 15.5 Å². The number of aryl methyl sites for hydroxylation is 1. The SMILES string of the molecule is CCn1c(=O)n(CC(=O)N2CCN(S(=O)(=O)c3cccc(F)c3)CC2)c2ccccc21. The molecule has 1 aromatic heterocycles. The molecule has 2 aromatic carbocycles. The summed E-state index contributed by atoms with van der Waals surface area (Å²) in [6.45, 7) is 2.88. The molecule has 4 rings (SSSR count). The normalized spacial score (nSPS) is 15.5. The summed E-state index contributed by atoms with van der Waals surface area (Å²) in [7, 11) is -3.83. The highest BCUT2D eigenvalue weighted by molar-refractivity contribution is 7.89. The lowest BCUT2D eigenvalue weighted by Crippen LogP contribution is -2.51. The van der Waals surface area contributed by atoms with E-state index in [1.807, 2.05) is 25.1 Å². The standard InChI is InChI=1S/C21H23FN4O4S/c1-2-25-18-8-3-4-9-19(18)26(21(25)28)15-20(27)23-10-12-24(13-11-23)31(29,30)17-7-5-6-16(22)14-17/h3-9,14H,2,10-13,15H2,1H3. The summed E-state index contributed by atoms with van der Waals surface area (Å²) in [5.41, 5.74) is 1.22. The summed E-state index contributed by atoms with van der Waals surface area (Å²) in [5.74, 6) is -0.865. The Morgan fingerprint density at radius 3 is 2.23 bits per heavy atom. The van der Waals surface area contributed by atoms with Gasteiger partial charge in [0.1, 0.15) is 12.4 Å². The van der Waals surface area contributed by atoms with Crippen molar-refractivity contribution in [2.75, 3.05) is 26.2 Å². The number of aromatic nitrogens is 2. The average Bonchev–Trinajstić information content (AvgIpc) is 3.04. The fourth-order valence-corrected chi connectivity index (χ4v) is 5.37. The van der Waals surface area contributed by atoms with Gasteiger partial charge in [-0.15, -0.1) is 0 Å². The Kier molecular flexibility index (Phi) is 5.67. The zero-order chi connectivity index (χ0) is 22.2. The lowest BCUT2D eigenvalue weighted by atomic mass is 10.3. The number of carbonyl (C=O) groups excluding carboxylic acids is 1. The molecule has 0 radical (unpaired) electrons. The number of imidazole rings is 1. The number of rotatable bonds is 5. The lowest BCUT2D eigenvalue weighted by molar-refractivity contribution is -0.133. The highest BCUT2D eigenvalue weighted by atomic mass is 32.2. The Hall–Kier alpha value is -2.98. The van der Waals surface area contributed by atoms with Crippen LogP contribution < -0.4 is 5.69 Å². The van der Waals surface area contributed by atoms with Crippen molar-refractivity contribution in [3.8, 4) is 0 Å². The first kappa shape index (κ1) is 21.3. The predicted octanol–water partition coefficient (Wildman–Crippen LogP) is 1.50. The van der Waals surface area contributed by atoms with E-state index in [4.69, 9.17) is 0 Å². The van der Waals surface area contributed by atoms with Gasteiger partial charge in [0.05, 0.1) is 15.9 Å². The summed E-state index contributed by atoms with van der Waals surface area (Å²) in [4.78, 5) is 27.1. The zero-order valence-corrected chi connectivity index (χ0v) is 17.9. The minimum atomic E-state index is -3.83. The molecule has 0 unspecified atom stereocenters. The van der Waals surface area contributed by atoms with Crippen LogP contribution in [0.2, 0.25) is 0 Å². The molecule has 1 saturated heterocycles. The van der Waals surface area contributed by atoms with Crippen molar-refractivity contribution in [2.24, 2.45) is 0 Å². The van der Waals surface area contributed by atoms with Gasteiger partial charge in [-0.25, -0.2) is 17.6 Å². The second-order valence-electron chi connectivity index (χ2n) is 7.34. The van der Waals surface area contributed by atoms with E-state index < -0.39 is 15.8 Å². The van der Waals surface area contributed by atoms with Gasteiger partial charge in [-0.05, 0) is 37.3 Å². The number of amides is 1. The number of hydrogen-bond acceptors (Lipinski definition) is 4. The van der Waals surface area contributed by atoms with Gasteiger partial charge in [0, 0.05) is 32.7 Å². The number of halogens is 1. The number of sulfonamides is 1. The molecule has 0 saturated carbocycles. The minimum absolute atomic E-state index is 0.105. The maximum Gasteiger partial charge on any atom is 0.329 e. The smallest absolute Gasteiger partial charge is 0.329 e. The highest BCUT2D eigenvalue weighted by Gasteiger charge is 2.30. The first-order valence-electron chi connectivity index (χ1n) is 10.0. The maximum atomic E-state index is 13.4. The average molecular weight is 447 g/mol. The molecule has 0 bridgehead atoms. The van der Waals surface area contributed by atoms with Gasteiger partial charge in [-0.1, -0.05) is 18.2 Å². The Balaban J connectivity index is 1.48. The number of hydrogen-bond donors (Lipinski definition) is 0. The third-order valence-electron chi connectivity index (χ3n) is 5.56. The number of fused-ring (bicyclic) bond motifs is 1. The van der Waals surface area contributed by atoms with E-state index in [0.717, 1.165) is 11.6 Å². The largest absolute Gasteiger partial charge is 0.338 e. The van der Waals surface area contributed by atoms with E-state index in [2.05, 4.69) is 0 Å². The fourth-order valence-electron chi connectivity index (χ4n) is 3.92. The second kappa shape index (κ2) is 8.27. The van der Waals surface area contributed by atoms with Crippen LogP contribution in [-0.2, 0) is 27.9 Å². The van der Waals surface area contributed by atoms with Gasteiger partial charge < -0.3 is 4.90 Å². The lowest BCUT2D eigenvalue weighted by Gasteiger charge is -2.34. The molecule has 0 aliphatic carbocycles. The molecule has 8 nitrogen and oxygen atoms in total. The molecule has 10 heteroatoms. The van der Waals surface area contributed by atoms with Gasteiger partial charge in [-0.3, -0.25) is 13.9 Å². The summed E-state index contributed by atoms with van der Waals surface area (Å²) in [5, 5.41) is 0. The van der Waals surface area contributed by atoms with Crippen molar-refractivity contribution in [3.63, 3.8) is 0 Å². The van der Waals surface area contributed by atoms with Crippen LogP contribution in [0.3, 0.4) is 0 Å². The first-order valence-corrected chi connectivity index (χ1v) is 11.5. The van der Waals surface area contributed by atoms with Gasteiger partial charge in [0.2, 0.25) is 15.9 Å². The number of piperazine rings is 1. The van der Waals surface area contributed by atoms with E-state index in [1.165, 1.54) is 27.1 Å². The van der Waals surface area contributed by atoms with Crippen molar-refractivity contribution >= 4 is 27.0 Å². The Morgan fingerprint density at radius 2 is 1.61 bits per heavy atom. The summed E-state index contributed by atoms with van der Waals surface area (Å²) in [6, 6.07) is 12.2. The van der Waals surface area contributed by atoms with E-state index >= 15 is 0 Å². The summed E-state index contributed by atoms with van der Waals surface area (Å²) < 4.78 is 43.3. The van der Waals surface area contributed by atoms with Gasteiger partial charge in [0.15, 0.2) is 0 Å². The Labute approximate surface area is 179 Å². The van der Waals surface area contributed by atoms with Crippen molar-refractivity contribution in [1.82, 2.24) is 18.3 Å². The van der Waals surface area contributed by atoms with Crippen LogP contribution in [0.15, 0.2) is 58.2 Å². The van der Waals surface area contributed by atoms with Crippen molar-refractivity contribution in [2.45, 2.75) is 24.9 Å². The molecular weight excluding hydrogens is 423 g/mol. The highest BCUT2D eigenvalue weighted by Crippen LogP contribution is 2.19. The summed E-state index contributed by atoms with van der Waals surface area (Å²) >= 11 is 0. The molecule has 1 aliphatic heterocycles. The molecule has 31 heavy (non-hydrogen) atoms. The molecule has 0 spiro atoms. The van der Waals surface area contributed by atoms with Gasteiger partial charge in [-0.2, -0.15) is 4.31 Å². The van der Waals surface area contributed by atoms with Crippen LogP contribution in [0.1, 0.15) is 6.92 Å². The zero-order valence-electron chi connectivity index (χ0n) is 17.1. The molecule has 2 heterocycles. The van der Waals surface area contributed by atoms with E-state index in [0.29, 0.717) is 12.1 Å². The molecular formula is C21H23FN4O4S. The van der Waals surface area contributed by atoms with E-state index in [-0.39, 0.29) is 49.2 Å². The van der Waals surface area contributed by atoms with Crippen LogP contribution in [0.25, 0.3) is 11.0 Å². The van der Waals surface area contributed by atoms with E-state index in [9.17, 15) is 22.4 Å². The second-order valence-corrected chi connectivity index (χ2v) is 9.28. The van der Waals surface area contributed by atoms with Crippen LogP contribution >= 0.6 is 0 Å². The fraction of sp³-hybridized carbons (Fsp3) is 0.333. The number of carbonyl (C=O) groups is 1.